The molecule has 1 rings (SSSR count). The summed E-state index contributed by atoms with van der Waals surface area (Å²) in [5, 5.41) is 3.35. The van der Waals surface area contributed by atoms with Gasteiger partial charge in [0, 0.05) is 11.6 Å². The summed E-state index contributed by atoms with van der Waals surface area (Å²) in [6.07, 6.45) is 0.472. The maximum absolute atomic E-state index is 11.3. The minimum atomic E-state index is -0.499. The van der Waals surface area contributed by atoms with E-state index in [2.05, 4.69) is 10.1 Å². The molecule has 0 aliphatic carbocycles. The molecule has 0 aliphatic heterocycles. The molecule has 0 bridgehead atoms. The standard InChI is InChI=1S/C13H16ClNO3/c1-2-18-13(17)9-12(16)15-8-7-10-3-5-11(14)6-4-10/h3-6H,2,7-9H2,1H3,(H,15,16). The molecule has 0 aromatic heterocycles. The molecule has 4 nitrogen and oxygen atoms in total. The number of benzene rings is 1. The summed E-state index contributed by atoms with van der Waals surface area (Å²) in [6, 6.07) is 7.41. The first-order chi connectivity index (χ1) is 8.61. The van der Waals surface area contributed by atoms with Gasteiger partial charge in [0.15, 0.2) is 0 Å². The molecule has 0 saturated carbocycles. The van der Waals surface area contributed by atoms with Gasteiger partial charge >= 0.3 is 5.97 Å². The molecule has 1 aromatic carbocycles. The Hall–Kier alpha value is -1.55. The number of esters is 1. The smallest absolute Gasteiger partial charge is 0.315 e. The van der Waals surface area contributed by atoms with Crippen LogP contribution in [0.2, 0.25) is 5.02 Å². The van der Waals surface area contributed by atoms with Crippen LogP contribution in [0.3, 0.4) is 0 Å². The SMILES string of the molecule is CCOC(=O)CC(=O)NCCc1ccc(Cl)cc1. The molecule has 1 N–H and O–H groups in total. The van der Waals surface area contributed by atoms with Crippen LogP contribution in [0.1, 0.15) is 18.9 Å². The van der Waals surface area contributed by atoms with Crippen LogP contribution in [0.15, 0.2) is 24.3 Å². The van der Waals surface area contributed by atoms with Crippen LogP contribution in [0.4, 0.5) is 0 Å². The van der Waals surface area contributed by atoms with Gasteiger partial charge in [-0.3, -0.25) is 9.59 Å². The highest BCUT2D eigenvalue weighted by Gasteiger charge is 2.09. The molecule has 0 aliphatic rings. The highest BCUT2D eigenvalue weighted by molar-refractivity contribution is 6.30. The van der Waals surface area contributed by atoms with Gasteiger partial charge in [-0.05, 0) is 31.0 Å². The van der Waals surface area contributed by atoms with Gasteiger partial charge in [-0.2, -0.15) is 0 Å². The Morgan fingerprint density at radius 1 is 1.28 bits per heavy atom. The predicted octanol–water partition coefficient (Wildman–Crippen LogP) is 1.95. The molecule has 5 heteroatoms. The Kier molecular flexibility index (Phi) is 6.22. The van der Waals surface area contributed by atoms with E-state index in [9.17, 15) is 9.59 Å². The minimum absolute atomic E-state index is 0.228. The highest BCUT2D eigenvalue weighted by Crippen LogP contribution is 2.09. The zero-order valence-electron chi connectivity index (χ0n) is 10.2. The second kappa shape index (κ2) is 7.71. The van der Waals surface area contributed by atoms with Crippen LogP contribution in [0.25, 0.3) is 0 Å². The third kappa shape index (κ3) is 5.68. The van der Waals surface area contributed by atoms with E-state index in [4.69, 9.17) is 11.6 Å². The number of nitrogens with one attached hydrogen (secondary N) is 1. The molecule has 1 aromatic rings. The molecule has 0 spiro atoms. The predicted molar refractivity (Wildman–Crippen MR) is 69.4 cm³/mol. The highest BCUT2D eigenvalue weighted by atomic mass is 35.5. The van der Waals surface area contributed by atoms with Gasteiger partial charge in [0.25, 0.3) is 0 Å². The summed E-state index contributed by atoms with van der Waals surface area (Å²) in [4.78, 5) is 22.4. The number of hydrogen-bond acceptors (Lipinski definition) is 3. The Labute approximate surface area is 111 Å². The van der Waals surface area contributed by atoms with Crippen molar-refractivity contribution in [2.75, 3.05) is 13.2 Å². The van der Waals surface area contributed by atoms with Gasteiger partial charge in [-0.15, -0.1) is 0 Å². The number of rotatable bonds is 6. The van der Waals surface area contributed by atoms with Crippen molar-refractivity contribution < 1.29 is 14.3 Å². The summed E-state index contributed by atoms with van der Waals surface area (Å²) in [5.74, 6) is -0.816. The van der Waals surface area contributed by atoms with Crippen LogP contribution in [0, 0.1) is 0 Å². The summed E-state index contributed by atoms with van der Waals surface area (Å²) >= 11 is 5.76. The minimum Gasteiger partial charge on any atom is -0.466 e. The fraction of sp³-hybridized carbons (Fsp3) is 0.385. The number of ether oxygens (including phenoxy) is 1. The van der Waals surface area contributed by atoms with Gasteiger partial charge < -0.3 is 10.1 Å². The first-order valence-corrected chi connectivity index (χ1v) is 6.16. The van der Waals surface area contributed by atoms with Crippen molar-refractivity contribution in [3.63, 3.8) is 0 Å². The van der Waals surface area contributed by atoms with Gasteiger partial charge in [-0.25, -0.2) is 0 Å². The van der Waals surface area contributed by atoms with Gasteiger partial charge in [-0.1, -0.05) is 23.7 Å². The van der Waals surface area contributed by atoms with Crippen LogP contribution < -0.4 is 5.32 Å². The van der Waals surface area contributed by atoms with E-state index in [1.54, 1.807) is 19.1 Å². The molecule has 1 amide bonds. The normalized spacial score (nSPS) is 9.89. The molecule has 0 heterocycles. The first-order valence-electron chi connectivity index (χ1n) is 5.78. The van der Waals surface area contributed by atoms with Crippen molar-refractivity contribution in [1.29, 1.82) is 0 Å². The average molecular weight is 270 g/mol. The molecule has 0 unspecified atom stereocenters. The topological polar surface area (TPSA) is 55.4 Å². The summed E-state index contributed by atoms with van der Waals surface area (Å²) < 4.78 is 4.68. The second-order valence-electron chi connectivity index (χ2n) is 3.71. The Bertz CT molecular complexity index is 403. The number of hydrogen-bond donors (Lipinski definition) is 1. The summed E-state index contributed by atoms with van der Waals surface area (Å²) in [6.45, 7) is 2.48. The van der Waals surface area contributed by atoms with Gasteiger partial charge in [0.05, 0.1) is 6.61 Å². The quantitative estimate of drug-likeness (QED) is 0.634. The van der Waals surface area contributed by atoms with E-state index in [1.165, 1.54) is 0 Å². The van der Waals surface area contributed by atoms with E-state index in [-0.39, 0.29) is 18.9 Å². The number of carbonyl (C=O) groups excluding carboxylic acids is 2. The molecule has 0 atom stereocenters. The van der Waals surface area contributed by atoms with Crippen molar-refractivity contribution in [2.45, 2.75) is 19.8 Å². The van der Waals surface area contributed by atoms with Crippen LogP contribution in [0.5, 0.6) is 0 Å². The lowest BCUT2D eigenvalue weighted by molar-refractivity contribution is -0.145. The summed E-state index contributed by atoms with van der Waals surface area (Å²) in [5.41, 5.74) is 1.08. The van der Waals surface area contributed by atoms with Crippen molar-refractivity contribution in [1.82, 2.24) is 5.32 Å². The lowest BCUT2D eigenvalue weighted by atomic mass is 10.1. The van der Waals surface area contributed by atoms with Crippen molar-refractivity contribution in [3.05, 3.63) is 34.9 Å². The second-order valence-corrected chi connectivity index (χ2v) is 4.14. The maximum Gasteiger partial charge on any atom is 0.315 e. The van der Waals surface area contributed by atoms with Crippen molar-refractivity contribution >= 4 is 23.5 Å². The third-order valence-electron chi connectivity index (χ3n) is 2.26. The fourth-order valence-electron chi connectivity index (χ4n) is 1.40. The van der Waals surface area contributed by atoms with Crippen LogP contribution >= 0.6 is 11.6 Å². The molecule has 0 saturated heterocycles. The van der Waals surface area contributed by atoms with E-state index in [0.717, 1.165) is 5.56 Å². The van der Waals surface area contributed by atoms with E-state index in [0.29, 0.717) is 18.0 Å². The Morgan fingerprint density at radius 2 is 1.94 bits per heavy atom. The average Bonchev–Trinajstić information content (AvgIpc) is 2.32. The van der Waals surface area contributed by atoms with Crippen LogP contribution in [-0.2, 0) is 20.7 Å². The largest absolute Gasteiger partial charge is 0.466 e. The van der Waals surface area contributed by atoms with Gasteiger partial charge in [0.1, 0.15) is 6.42 Å². The molecule has 18 heavy (non-hydrogen) atoms. The number of carbonyl (C=O) groups is 2. The zero-order chi connectivity index (χ0) is 13.4. The third-order valence-corrected chi connectivity index (χ3v) is 2.51. The van der Waals surface area contributed by atoms with Crippen molar-refractivity contribution in [3.8, 4) is 0 Å². The molecule has 0 radical (unpaired) electrons. The number of amides is 1. The monoisotopic (exact) mass is 269 g/mol. The lowest BCUT2D eigenvalue weighted by Gasteiger charge is -2.05. The van der Waals surface area contributed by atoms with E-state index >= 15 is 0 Å². The molecule has 0 fully saturated rings. The zero-order valence-corrected chi connectivity index (χ0v) is 11.0. The first kappa shape index (κ1) is 14.5. The van der Waals surface area contributed by atoms with Crippen LogP contribution in [-0.4, -0.2) is 25.0 Å². The Morgan fingerprint density at radius 3 is 2.56 bits per heavy atom. The van der Waals surface area contributed by atoms with Gasteiger partial charge in [0.2, 0.25) is 5.91 Å². The Balaban J connectivity index is 2.23. The number of halogens is 1. The molecular weight excluding hydrogens is 254 g/mol. The lowest BCUT2D eigenvalue weighted by Crippen LogP contribution is -2.28. The van der Waals surface area contributed by atoms with E-state index < -0.39 is 5.97 Å². The maximum atomic E-state index is 11.3. The molecular formula is C13H16ClNO3. The summed E-state index contributed by atoms with van der Waals surface area (Å²) in [7, 11) is 0. The molecule has 98 valence electrons. The van der Waals surface area contributed by atoms with E-state index in [1.807, 2.05) is 12.1 Å². The van der Waals surface area contributed by atoms with Crippen molar-refractivity contribution in [2.24, 2.45) is 0 Å². The fourth-order valence-corrected chi connectivity index (χ4v) is 1.53.